The Morgan fingerprint density at radius 2 is 2.24 bits per heavy atom. The minimum atomic E-state index is 0.538. The monoisotopic (exact) mass is 233 g/mol. The fourth-order valence-corrected chi connectivity index (χ4v) is 3.84. The molecule has 0 aliphatic heterocycles. The van der Waals surface area contributed by atoms with E-state index in [9.17, 15) is 0 Å². The number of nitrogens with zero attached hydrogens (tertiary/aromatic N) is 2. The van der Waals surface area contributed by atoms with Crippen LogP contribution in [0, 0.1) is 17.8 Å². The molecule has 0 radical (unpaired) electrons. The summed E-state index contributed by atoms with van der Waals surface area (Å²) < 4.78 is 2.08. The first-order chi connectivity index (χ1) is 8.35. The van der Waals surface area contributed by atoms with Crippen LogP contribution in [0.5, 0.6) is 0 Å². The zero-order valence-electron chi connectivity index (χ0n) is 10.9. The van der Waals surface area contributed by atoms with Gasteiger partial charge >= 0.3 is 0 Å². The summed E-state index contributed by atoms with van der Waals surface area (Å²) in [6.45, 7) is 3.23. The zero-order valence-corrected chi connectivity index (χ0v) is 10.9. The van der Waals surface area contributed by atoms with Crippen molar-refractivity contribution < 1.29 is 0 Å². The van der Waals surface area contributed by atoms with Gasteiger partial charge < -0.3 is 5.32 Å². The highest BCUT2D eigenvalue weighted by atomic mass is 15.3. The molecule has 3 nitrogen and oxygen atoms in total. The molecule has 1 aromatic heterocycles. The predicted octanol–water partition coefficient (Wildman–Crippen LogP) is 2.60. The molecule has 3 heteroatoms. The Morgan fingerprint density at radius 1 is 1.47 bits per heavy atom. The van der Waals surface area contributed by atoms with Crippen molar-refractivity contribution in [3.8, 4) is 0 Å². The van der Waals surface area contributed by atoms with Crippen LogP contribution in [0.25, 0.3) is 0 Å². The fourth-order valence-electron chi connectivity index (χ4n) is 3.84. The largest absolute Gasteiger partial charge is 0.313 e. The number of aryl methyl sites for hydroxylation is 1. The van der Waals surface area contributed by atoms with Crippen molar-refractivity contribution in [3.05, 3.63) is 18.0 Å². The highest BCUT2D eigenvalue weighted by Gasteiger charge is 2.55. The SMILES string of the molecule is CCCn1cc(C(NC)C2C3CCCC32)cn1. The van der Waals surface area contributed by atoms with Crippen LogP contribution in [0.4, 0.5) is 0 Å². The smallest absolute Gasteiger partial charge is 0.0537 e. The Labute approximate surface area is 104 Å². The summed E-state index contributed by atoms with van der Waals surface area (Å²) in [5.41, 5.74) is 1.39. The lowest BCUT2D eigenvalue weighted by molar-refractivity contribution is 0.444. The molecule has 3 rings (SSSR count). The van der Waals surface area contributed by atoms with Gasteiger partial charge in [0.15, 0.2) is 0 Å². The van der Waals surface area contributed by atoms with Crippen molar-refractivity contribution in [2.75, 3.05) is 7.05 Å². The van der Waals surface area contributed by atoms with Gasteiger partial charge in [-0.15, -0.1) is 0 Å². The predicted molar refractivity (Wildman–Crippen MR) is 68.6 cm³/mol. The van der Waals surface area contributed by atoms with Gasteiger partial charge in [-0.2, -0.15) is 5.10 Å². The van der Waals surface area contributed by atoms with Crippen LogP contribution < -0.4 is 5.32 Å². The third-order valence-corrected chi connectivity index (χ3v) is 4.63. The van der Waals surface area contributed by atoms with E-state index in [1.807, 2.05) is 0 Å². The van der Waals surface area contributed by atoms with E-state index < -0.39 is 0 Å². The summed E-state index contributed by atoms with van der Waals surface area (Å²) in [6.07, 6.45) is 9.81. The summed E-state index contributed by atoms with van der Waals surface area (Å²) in [5.74, 6) is 2.89. The van der Waals surface area contributed by atoms with Crippen molar-refractivity contribution in [1.82, 2.24) is 15.1 Å². The van der Waals surface area contributed by atoms with Gasteiger partial charge in [0.05, 0.1) is 6.20 Å². The van der Waals surface area contributed by atoms with Gasteiger partial charge in [-0.1, -0.05) is 13.3 Å². The Kier molecular flexibility index (Phi) is 2.95. The van der Waals surface area contributed by atoms with E-state index in [2.05, 4.69) is 41.5 Å². The molecule has 17 heavy (non-hydrogen) atoms. The van der Waals surface area contributed by atoms with E-state index in [1.54, 1.807) is 0 Å². The van der Waals surface area contributed by atoms with Crippen molar-refractivity contribution >= 4 is 0 Å². The van der Waals surface area contributed by atoms with Gasteiger partial charge in [0, 0.05) is 24.3 Å². The second-order valence-electron chi connectivity index (χ2n) is 5.64. The van der Waals surface area contributed by atoms with Crippen LogP contribution in [-0.4, -0.2) is 16.8 Å². The van der Waals surface area contributed by atoms with Gasteiger partial charge in [-0.25, -0.2) is 0 Å². The molecular formula is C14H23N3. The average Bonchev–Trinajstić information content (AvgIpc) is 2.76. The number of rotatable bonds is 5. The zero-order chi connectivity index (χ0) is 11.8. The van der Waals surface area contributed by atoms with Crippen LogP contribution >= 0.6 is 0 Å². The molecule has 1 N–H and O–H groups in total. The number of hydrogen-bond donors (Lipinski definition) is 1. The maximum atomic E-state index is 4.46. The van der Waals surface area contributed by atoms with Gasteiger partial charge in [0.25, 0.3) is 0 Å². The molecule has 2 aliphatic rings. The topological polar surface area (TPSA) is 29.9 Å². The van der Waals surface area contributed by atoms with E-state index in [-0.39, 0.29) is 0 Å². The maximum absolute atomic E-state index is 4.46. The van der Waals surface area contributed by atoms with E-state index in [0.29, 0.717) is 6.04 Å². The molecule has 0 bridgehead atoms. The summed E-state index contributed by atoms with van der Waals surface area (Å²) in [6, 6.07) is 0.538. The number of hydrogen-bond acceptors (Lipinski definition) is 2. The molecule has 3 unspecified atom stereocenters. The summed E-state index contributed by atoms with van der Waals surface area (Å²) >= 11 is 0. The fraction of sp³-hybridized carbons (Fsp3) is 0.786. The average molecular weight is 233 g/mol. The van der Waals surface area contributed by atoms with Gasteiger partial charge in [0.2, 0.25) is 0 Å². The molecule has 94 valence electrons. The third-order valence-electron chi connectivity index (χ3n) is 4.63. The summed E-state index contributed by atoms with van der Waals surface area (Å²) in [4.78, 5) is 0. The van der Waals surface area contributed by atoms with E-state index in [1.165, 1.54) is 24.8 Å². The van der Waals surface area contributed by atoms with Crippen molar-refractivity contribution in [2.24, 2.45) is 17.8 Å². The first kappa shape index (κ1) is 11.3. The Hall–Kier alpha value is -0.830. The van der Waals surface area contributed by atoms with Crippen LogP contribution in [0.3, 0.4) is 0 Å². The Bertz CT molecular complexity index is 375. The molecule has 0 aromatic carbocycles. The van der Waals surface area contributed by atoms with Crippen LogP contribution in [0.1, 0.15) is 44.2 Å². The summed E-state index contributed by atoms with van der Waals surface area (Å²) in [5, 5.41) is 7.97. The second-order valence-corrected chi connectivity index (χ2v) is 5.64. The minimum absolute atomic E-state index is 0.538. The molecule has 2 aliphatic carbocycles. The van der Waals surface area contributed by atoms with Crippen molar-refractivity contribution in [3.63, 3.8) is 0 Å². The van der Waals surface area contributed by atoms with Crippen LogP contribution in [0.2, 0.25) is 0 Å². The van der Waals surface area contributed by atoms with E-state index in [0.717, 1.165) is 30.7 Å². The summed E-state index contributed by atoms with van der Waals surface area (Å²) in [7, 11) is 2.09. The number of nitrogens with one attached hydrogen (secondary N) is 1. The van der Waals surface area contributed by atoms with Crippen molar-refractivity contribution in [1.29, 1.82) is 0 Å². The van der Waals surface area contributed by atoms with E-state index in [4.69, 9.17) is 0 Å². The highest BCUT2D eigenvalue weighted by Crippen LogP contribution is 2.62. The quantitative estimate of drug-likeness (QED) is 0.847. The third kappa shape index (κ3) is 1.90. The van der Waals surface area contributed by atoms with Gasteiger partial charge in [-0.3, -0.25) is 4.68 Å². The molecule has 0 spiro atoms. The van der Waals surface area contributed by atoms with Gasteiger partial charge in [-0.05, 0) is 44.1 Å². The Morgan fingerprint density at radius 3 is 2.88 bits per heavy atom. The molecule has 2 fully saturated rings. The van der Waals surface area contributed by atoms with E-state index >= 15 is 0 Å². The van der Waals surface area contributed by atoms with Gasteiger partial charge in [0.1, 0.15) is 0 Å². The lowest BCUT2D eigenvalue weighted by atomic mass is 10.00. The molecule has 3 atom stereocenters. The van der Waals surface area contributed by atoms with Crippen LogP contribution in [-0.2, 0) is 6.54 Å². The number of fused-ring (bicyclic) bond motifs is 1. The second kappa shape index (κ2) is 4.45. The minimum Gasteiger partial charge on any atom is -0.313 e. The lowest BCUT2D eigenvalue weighted by Crippen LogP contribution is -2.20. The van der Waals surface area contributed by atoms with Crippen LogP contribution in [0.15, 0.2) is 12.4 Å². The molecule has 1 heterocycles. The first-order valence-electron chi connectivity index (χ1n) is 7.04. The number of aromatic nitrogens is 2. The first-order valence-corrected chi connectivity index (χ1v) is 7.04. The standard InChI is InChI=1S/C14H23N3/c1-3-7-17-9-10(8-16-17)14(15-2)13-11-5-4-6-12(11)13/h8-9,11-15H,3-7H2,1-2H3. The molecule has 2 saturated carbocycles. The molecule has 0 amide bonds. The normalized spacial score (nSPS) is 32.5. The molecule has 0 saturated heterocycles. The molecule has 1 aromatic rings. The van der Waals surface area contributed by atoms with Crippen molar-refractivity contribution in [2.45, 2.75) is 45.2 Å². The maximum Gasteiger partial charge on any atom is 0.0537 e. The highest BCUT2D eigenvalue weighted by molar-refractivity contribution is 5.18. The lowest BCUT2D eigenvalue weighted by Gasteiger charge is -2.16. The molecular weight excluding hydrogens is 210 g/mol. The Balaban J connectivity index is 1.71.